The lowest BCUT2D eigenvalue weighted by molar-refractivity contribution is 0.303. The molecule has 14 bridgehead atoms. The molecule has 6 nitrogen and oxygen atoms in total. The Hall–Kier alpha value is -5.02. The van der Waals surface area contributed by atoms with Gasteiger partial charge in [-0.3, -0.25) is 0 Å². The Labute approximate surface area is 524 Å². The lowest BCUT2D eigenvalue weighted by Crippen LogP contribution is -2.20. The monoisotopic (exact) mass is 1200 g/mol. The molecule has 6 aromatic carbocycles. The van der Waals surface area contributed by atoms with E-state index in [9.17, 15) is 0 Å². The van der Waals surface area contributed by atoms with Crippen molar-refractivity contribution in [2.45, 2.75) is 231 Å². The maximum Gasteiger partial charge on any atom is 0.119 e. The summed E-state index contributed by atoms with van der Waals surface area (Å²) < 4.78 is 37.9. The topological polar surface area (TPSA) is 55.4 Å². The van der Waals surface area contributed by atoms with Crippen molar-refractivity contribution >= 4 is 47.7 Å². The van der Waals surface area contributed by atoms with Crippen LogP contribution in [0.2, 0.25) is 0 Å². The molecule has 0 atom stereocenters. The third-order valence-corrected chi connectivity index (χ3v) is 22.2. The minimum Gasteiger partial charge on any atom is -0.494 e. The molecule has 0 fully saturated rings. The van der Waals surface area contributed by atoms with Gasteiger partial charge in [0.1, 0.15) is 34.5 Å². The highest BCUT2D eigenvalue weighted by molar-refractivity contribution is 7.80. The summed E-state index contributed by atoms with van der Waals surface area (Å²) in [5.41, 5.74) is 0. The van der Waals surface area contributed by atoms with Gasteiger partial charge in [-0.2, -0.15) is 0 Å². The molecule has 8 heteroatoms. The molecule has 27 heterocycles. The van der Waals surface area contributed by atoms with Gasteiger partial charge < -0.3 is 28.4 Å². The van der Waals surface area contributed by atoms with E-state index in [1.807, 2.05) is 0 Å². The highest BCUT2D eigenvalue weighted by Crippen LogP contribution is 2.37. The van der Waals surface area contributed by atoms with E-state index in [1.165, 1.54) is 224 Å². The molecule has 0 N–H and O–H groups in total. The standard InChI is InChI=1S/C78H108O6P2/c1-2-8-14-20-26-32-62-80-68-39-51-74(52-40-68)86-77-57-45-71(46-58-77)83-65-35-29-23-17-11-5-3-9-15-21-27-33-63-81-69-41-53-75(54-42-69)85(73-49-37-67(38-50-73)79-61-31-25-19-13-7-1)76-55-43-70(44-56-76)82-64-34-28-22-16-10-4-6-12-18-24-30-36-66-84-72-47-59-78(86)60-48-72/h37-60H,1-36,61-66H2. The van der Waals surface area contributed by atoms with Crippen LogP contribution in [-0.4, -0.2) is 39.6 Å². The maximum absolute atomic E-state index is 6.32. The number of rotatable bonds is 0. The average molecular weight is 1200 g/mol. The molecule has 0 aliphatic carbocycles. The summed E-state index contributed by atoms with van der Waals surface area (Å²) in [6, 6.07) is 53.7. The summed E-state index contributed by atoms with van der Waals surface area (Å²) in [7, 11) is -1.57. The number of benzene rings is 6. The van der Waals surface area contributed by atoms with Gasteiger partial charge in [0, 0.05) is 0 Å². The van der Waals surface area contributed by atoms with Gasteiger partial charge in [-0.05, 0) is 159 Å². The van der Waals surface area contributed by atoms with Gasteiger partial charge in [0.05, 0.1) is 39.6 Å². The largest absolute Gasteiger partial charge is 0.494 e. The number of hydrogen-bond acceptors (Lipinski definition) is 6. The van der Waals surface area contributed by atoms with Crippen LogP contribution in [0.25, 0.3) is 0 Å². The zero-order valence-electron chi connectivity index (χ0n) is 52.9. The van der Waals surface area contributed by atoms with Crippen LogP contribution in [0.3, 0.4) is 0 Å². The van der Waals surface area contributed by atoms with Crippen LogP contribution < -0.4 is 60.2 Å². The third kappa shape index (κ3) is 26.0. The van der Waals surface area contributed by atoms with Crippen LogP contribution in [0.15, 0.2) is 146 Å². The highest BCUT2D eigenvalue weighted by atomic mass is 31.1. The molecular formula is C78H108O6P2. The minimum atomic E-state index is -0.785. The fraction of sp³-hybridized carbons (Fsp3) is 0.538. The van der Waals surface area contributed by atoms with Gasteiger partial charge in [-0.1, -0.05) is 265 Å². The van der Waals surface area contributed by atoms with Gasteiger partial charge in [0.15, 0.2) is 0 Å². The van der Waals surface area contributed by atoms with E-state index >= 15 is 0 Å². The van der Waals surface area contributed by atoms with E-state index in [0.29, 0.717) is 0 Å². The summed E-state index contributed by atoms with van der Waals surface area (Å²) in [5.74, 6) is 5.77. The smallest absolute Gasteiger partial charge is 0.119 e. The van der Waals surface area contributed by atoms with Crippen molar-refractivity contribution in [2.75, 3.05) is 39.6 Å². The second-order valence-corrected chi connectivity index (χ2v) is 28.9. The minimum absolute atomic E-state index is 0.771. The molecule has 0 radical (unpaired) electrons. The lowest BCUT2D eigenvalue weighted by Gasteiger charge is -2.20. The predicted octanol–water partition coefficient (Wildman–Crippen LogP) is 20.2. The summed E-state index contributed by atoms with van der Waals surface area (Å²) >= 11 is 0. The Morgan fingerprint density at radius 2 is 0.244 bits per heavy atom. The first-order valence-electron chi connectivity index (χ1n) is 34.7. The Balaban J connectivity index is 0.894. The van der Waals surface area contributed by atoms with Crippen LogP contribution in [-0.2, 0) is 0 Å². The SMILES string of the molecule is c1cc2ccc1OCCCCCCCCCCCCCCOc1ccc(cc1)P1c3ccc(cc3)OCCCCCCCCCCCCCCOc3ccc(cc3)P2c2ccc(cc2)OCCCCCCCCCCCCCCOc2ccc1cc2. The van der Waals surface area contributed by atoms with Crippen LogP contribution in [0.1, 0.15) is 231 Å². The van der Waals surface area contributed by atoms with Gasteiger partial charge in [0.2, 0.25) is 0 Å². The first-order valence-corrected chi connectivity index (χ1v) is 37.4. The van der Waals surface area contributed by atoms with E-state index in [1.54, 1.807) is 0 Å². The van der Waals surface area contributed by atoms with Gasteiger partial charge >= 0.3 is 0 Å². The van der Waals surface area contributed by atoms with E-state index in [2.05, 4.69) is 146 Å². The summed E-state index contributed by atoms with van der Waals surface area (Å²) in [6.45, 7) is 4.63. The van der Waals surface area contributed by atoms with Crippen molar-refractivity contribution in [1.29, 1.82) is 0 Å². The molecule has 6 aromatic rings. The summed E-state index contributed by atoms with van der Waals surface area (Å²) in [4.78, 5) is 0. The average Bonchev–Trinajstić information content (AvgIpc) is 3.33. The summed E-state index contributed by atoms with van der Waals surface area (Å²) in [5, 5.41) is 7.93. The number of hydrogen-bond donors (Lipinski definition) is 0. The highest BCUT2D eigenvalue weighted by Gasteiger charge is 2.20. The Morgan fingerprint density at radius 3 is 0.360 bits per heavy atom. The summed E-state index contributed by atoms with van der Waals surface area (Å²) in [6.07, 6.45) is 45.8. The van der Waals surface area contributed by atoms with Crippen molar-refractivity contribution < 1.29 is 28.4 Å². The second-order valence-electron chi connectivity index (χ2n) is 24.5. The maximum atomic E-state index is 6.32. The Kier molecular flexibility index (Phi) is 32.7. The zero-order valence-corrected chi connectivity index (χ0v) is 54.7. The fourth-order valence-electron chi connectivity index (χ4n) is 12.1. The molecule has 0 saturated carbocycles. The molecule has 466 valence electrons. The lowest BCUT2D eigenvalue weighted by atomic mass is 10.1. The van der Waals surface area contributed by atoms with Crippen molar-refractivity contribution in [1.82, 2.24) is 0 Å². The van der Waals surface area contributed by atoms with E-state index < -0.39 is 15.8 Å². The molecule has 86 heavy (non-hydrogen) atoms. The van der Waals surface area contributed by atoms with Crippen LogP contribution >= 0.6 is 15.8 Å². The first-order chi connectivity index (χ1) is 42.7. The van der Waals surface area contributed by atoms with Crippen LogP contribution in [0.4, 0.5) is 0 Å². The first kappa shape index (κ1) is 66.9. The van der Waals surface area contributed by atoms with Crippen molar-refractivity contribution in [3.63, 3.8) is 0 Å². The zero-order chi connectivity index (χ0) is 59.0. The molecule has 27 aliphatic heterocycles. The van der Waals surface area contributed by atoms with Crippen molar-refractivity contribution in [3.05, 3.63) is 146 Å². The molecule has 0 unspecified atom stereocenters. The second kappa shape index (κ2) is 42.0. The van der Waals surface area contributed by atoms with Crippen molar-refractivity contribution in [3.8, 4) is 34.5 Å². The molecule has 0 spiro atoms. The predicted molar refractivity (Wildman–Crippen MR) is 369 cm³/mol. The van der Waals surface area contributed by atoms with Crippen molar-refractivity contribution in [2.24, 2.45) is 0 Å². The normalized spacial score (nSPS) is 20.1. The molecule has 27 aliphatic rings. The fourth-order valence-corrected chi connectivity index (χ4v) is 16.6. The van der Waals surface area contributed by atoms with Gasteiger partial charge in [-0.15, -0.1) is 0 Å². The van der Waals surface area contributed by atoms with E-state index in [-0.39, 0.29) is 0 Å². The Morgan fingerprint density at radius 1 is 0.140 bits per heavy atom. The van der Waals surface area contributed by atoms with Gasteiger partial charge in [-0.25, -0.2) is 0 Å². The molecule has 0 saturated heterocycles. The molecule has 33 rings (SSSR count). The quantitative estimate of drug-likeness (QED) is 0.141. The molecule has 0 aromatic heterocycles. The van der Waals surface area contributed by atoms with E-state index in [4.69, 9.17) is 28.4 Å². The third-order valence-electron chi connectivity index (χ3n) is 17.3. The molecule has 0 amide bonds. The molecular weight excluding hydrogens is 1090 g/mol. The number of ether oxygens (including phenoxy) is 6. The Bertz CT molecular complexity index is 2150. The van der Waals surface area contributed by atoms with E-state index in [0.717, 1.165) is 113 Å². The van der Waals surface area contributed by atoms with Crippen LogP contribution in [0.5, 0.6) is 34.5 Å². The van der Waals surface area contributed by atoms with Gasteiger partial charge in [0.25, 0.3) is 0 Å². The van der Waals surface area contributed by atoms with Crippen LogP contribution in [0, 0.1) is 0 Å².